The lowest BCUT2D eigenvalue weighted by molar-refractivity contribution is 0.152. The number of ether oxygens (including phenoxy) is 3. The minimum absolute atomic E-state index is 0.298. The van der Waals surface area contributed by atoms with Crippen molar-refractivity contribution in [2.24, 2.45) is 5.10 Å². The van der Waals surface area contributed by atoms with Crippen LogP contribution < -0.4 is 14.9 Å². The summed E-state index contributed by atoms with van der Waals surface area (Å²) in [7, 11) is 1.62. The Labute approximate surface area is 163 Å². The molecule has 0 bridgehead atoms. The van der Waals surface area contributed by atoms with Crippen LogP contribution in [0.4, 0.5) is 4.79 Å². The van der Waals surface area contributed by atoms with E-state index in [9.17, 15) is 4.79 Å². The zero-order valence-electron chi connectivity index (χ0n) is 15.9. The maximum atomic E-state index is 11.4. The molecule has 0 aliphatic heterocycles. The van der Waals surface area contributed by atoms with Gasteiger partial charge in [0.1, 0.15) is 6.61 Å². The van der Waals surface area contributed by atoms with Gasteiger partial charge in [-0.25, -0.2) is 10.2 Å². The first-order chi connectivity index (χ1) is 13.7. The Morgan fingerprint density at radius 2 is 1.89 bits per heavy atom. The van der Waals surface area contributed by atoms with Crippen molar-refractivity contribution in [2.75, 3.05) is 20.3 Å². The molecular weight excluding hydrogens is 358 g/mol. The zero-order chi connectivity index (χ0) is 19.8. The van der Waals surface area contributed by atoms with Crippen molar-refractivity contribution < 1.29 is 19.0 Å². The summed E-state index contributed by atoms with van der Waals surface area (Å²) in [6.07, 6.45) is 3.01. The number of amides is 1. The SMILES string of the molecule is CCOC(=O)N/N=C/c1cn(CCOc2ccccc2OC)c2ccccc12. The van der Waals surface area contributed by atoms with E-state index in [0.717, 1.165) is 16.5 Å². The summed E-state index contributed by atoms with van der Waals surface area (Å²) in [5.41, 5.74) is 4.30. The Kier molecular flexibility index (Phi) is 6.51. The quantitative estimate of drug-likeness (QED) is 0.476. The first kappa shape index (κ1) is 19.3. The molecule has 7 heteroatoms. The highest BCUT2D eigenvalue weighted by molar-refractivity contribution is 5.99. The fourth-order valence-electron chi connectivity index (χ4n) is 2.87. The summed E-state index contributed by atoms with van der Waals surface area (Å²) >= 11 is 0. The molecule has 2 aromatic carbocycles. The van der Waals surface area contributed by atoms with Gasteiger partial charge in [-0.05, 0) is 25.1 Å². The summed E-state index contributed by atoms with van der Waals surface area (Å²) in [5.74, 6) is 1.42. The predicted molar refractivity (Wildman–Crippen MR) is 108 cm³/mol. The van der Waals surface area contributed by atoms with Crippen molar-refractivity contribution in [3.05, 3.63) is 60.3 Å². The number of hydrogen-bond donors (Lipinski definition) is 1. The Morgan fingerprint density at radius 1 is 1.14 bits per heavy atom. The van der Waals surface area contributed by atoms with Crippen LogP contribution in [0.1, 0.15) is 12.5 Å². The highest BCUT2D eigenvalue weighted by Gasteiger charge is 2.08. The molecule has 0 radical (unpaired) electrons. The lowest BCUT2D eigenvalue weighted by Gasteiger charge is -2.11. The topological polar surface area (TPSA) is 74.1 Å². The molecule has 0 unspecified atom stereocenters. The van der Waals surface area contributed by atoms with Gasteiger partial charge in [0.05, 0.1) is 26.5 Å². The van der Waals surface area contributed by atoms with Crippen molar-refractivity contribution in [3.63, 3.8) is 0 Å². The average Bonchev–Trinajstić information content (AvgIpc) is 3.06. The molecule has 0 atom stereocenters. The van der Waals surface area contributed by atoms with Crippen LogP contribution in [0.3, 0.4) is 0 Å². The van der Waals surface area contributed by atoms with Crippen LogP contribution >= 0.6 is 0 Å². The van der Waals surface area contributed by atoms with Crippen LogP contribution in [0.2, 0.25) is 0 Å². The van der Waals surface area contributed by atoms with Gasteiger partial charge < -0.3 is 18.8 Å². The van der Waals surface area contributed by atoms with Crippen LogP contribution in [-0.2, 0) is 11.3 Å². The largest absolute Gasteiger partial charge is 0.493 e. The number of para-hydroxylation sites is 3. The van der Waals surface area contributed by atoms with Crippen molar-refractivity contribution in [3.8, 4) is 11.5 Å². The normalized spacial score (nSPS) is 10.9. The molecule has 0 spiro atoms. The molecule has 1 N–H and O–H groups in total. The maximum Gasteiger partial charge on any atom is 0.427 e. The van der Waals surface area contributed by atoms with Crippen molar-refractivity contribution in [2.45, 2.75) is 13.5 Å². The van der Waals surface area contributed by atoms with Crippen LogP contribution in [-0.4, -0.2) is 37.2 Å². The summed E-state index contributed by atoms with van der Waals surface area (Å²) in [5, 5.41) is 5.00. The fraction of sp³-hybridized carbons (Fsp3) is 0.238. The fourth-order valence-corrected chi connectivity index (χ4v) is 2.87. The molecule has 1 aromatic heterocycles. The van der Waals surface area contributed by atoms with Crippen LogP contribution in [0, 0.1) is 0 Å². The van der Waals surface area contributed by atoms with Gasteiger partial charge >= 0.3 is 6.09 Å². The number of hydrogen-bond acceptors (Lipinski definition) is 5. The van der Waals surface area contributed by atoms with Gasteiger partial charge in [0.15, 0.2) is 11.5 Å². The molecule has 0 aliphatic rings. The lowest BCUT2D eigenvalue weighted by atomic mass is 10.2. The van der Waals surface area contributed by atoms with E-state index in [4.69, 9.17) is 14.2 Å². The first-order valence-corrected chi connectivity index (χ1v) is 9.02. The molecule has 0 saturated carbocycles. The number of nitrogens with zero attached hydrogens (tertiary/aromatic N) is 2. The lowest BCUT2D eigenvalue weighted by Crippen LogP contribution is -2.18. The van der Waals surface area contributed by atoms with E-state index in [1.807, 2.05) is 54.7 Å². The van der Waals surface area contributed by atoms with E-state index in [0.29, 0.717) is 31.3 Å². The van der Waals surface area contributed by atoms with E-state index in [2.05, 4.69) is 15.1 Å². The molecule has 7 nitrogen and oxygen atoms in total. The average molecular weight is 381 g/mol. The number of carbonyl (C=O) groups is 1. The van der Waals surface area contributed by atoms with Crippen LogP contribution in [0.15, 0.2) is 59.8 Å². The van der Waals surface area contributed by atoms with Crippen molar-refractivity contribution in [1.29, 1.82) is 0 Å². The van der Waals surface area contributed by atoms with Crippen LogP contribution in [0.25, 0.3) is 10.9 Å². The van der Waals surface area contributed by atoms with E-state index in [1.54, 1.807) is 20.2 Å². The van der Waals surface area contributed by atoms with Gasteiger partial charge in [-0.1, -0.05) is 30.3 Å². The van der Waals surface area contributed by atoms with E-state index < -0.39 is 6.09 Å². The second-order valence-electron chi connectivity index (χ2n) is 5.88. The molecule has 3 rings (SSSR count). The standard InChI is InChI=1S/C21H23N3O4/c1-3-27-21(25)23-22-14-16-15-24(18-9-5-4-8-17(16)18)12-13-28-20-11-7-6-10-19(20)26-2/h4-11,14-15H,3,12-13H2,1-2H3,(H,23,25)/b22-14+. The van der Waals surface area contributed by atoms with E-state index in [1.165, 1.54) is 0 Å². The second kappa shape index (κ2) is 9.45. The Hall–Kier alpha value is -3.48. The van der Waals surface area contributed by atoms with Crippen molar-refractivity contribution in [1.82, 2.24) is 9.99 Å². The van der Waals surface area contributed by atoms with Gasteiger partial charge in [0.2, 0.25) is 0 Å². The van der Waals surface area contributed by atoms with Crippen molar-refractivity contribution >= 4 is 23.2 Å². The molecule has 1 amide bonds. The third-order valence-corrected chi connectivity index (χ3v) is 4.11. The highest BCUT2D eigenvalue weighted by Crippen LogP contribution is 2.26. The molecule has 0 aliphatic carbocycles. The first-order valence-electron chi connectivity index (χ1n) is 9.02. The van der Waals surface area contributed by atoms with Gasteiger partial charge in [-0.15, -0.1) is 0 Å². The summed E-state index contributed by atoms with van der Waals surface area (Å²) < 4.78 is 18.1. The summed E-state index contributed by atoms with van der Waals surface area (Å²) in [6, 6.07) is 15.6. The molecule has 1 heterocycles. The van der Waals surface area contributed by atoms with E-state index in [-0.39, 0.29) is 0 Å². The number of methoxy groups -OCH3 is 1. The van der Waals surface area contributed by atoms with Gasteiger partial charge in [0.25, 0.3) is 0 Å². The van der Waals surface area contributed by atoms with Crippen LogP contribution in [0.5, 0.6) is 11.5 Å². The second-order valence-corrected chi connectivity index (χ2v) is 5.88. The van der Waals surface area contributed by atoms with Gasteiger partial charge in [-0.3, -0.25) is 0 Å². The highest BCUT2D eigenvalue weighted by atomic mass is 16.5. The Balaban J connectivity index is 1.71. The number of rotatable bonds is 8. The Morgan fingerprint density at radius 3 is 2.68 bits per heavy atom. The number of aromatic nitrogens is 1. The maximum absolute atomic E-state index is 11.4. The third-order valence-electron chi connectivity index (χ3n) is 4.11. The number of benzene rings is 2. The molecular formula is C21H23N3O4. The minimum Gasteiger partial charge on any atom is -0.493 e. The molecule has 28 heavy (non-hydrogen) atoms. The predicted octanol–water partition coefficient (Wildman–Crippen LogP) is 3.81. The summed E-state index contributed by atoms with van der Waals surface area (Å²) in [4.78, 5) is 11.4. The molecule has 0 fully saturated rings. The van der Waals surface area contributed by atoms with Gasteiger partial charge in [-0.2, -0.15) is 5.10 Å². The number of nitrogens with one attached hydrogen (secondary N) is 1. The van der Waals surface area contributed by atoms with E-state index >= 15 is 0 Å². The smallest absolute Gasteiger partial charge is 0.427 e. The summed E-state index contributed by atoms with van der Waals surface area (Å²) in [6.45, 7) is 3.17. The zero-order valence-corrected chi connectivity index (χ0v) is 15.9. The monoisotopic (exact) mass is 381 g/mol. The molecule has 0 saturated heterocycles. The Bertz CT molecular complexity index is 965. The number of hydrazone groups is 1. The minimum atomic E-state index is -0.576. The number of carbonyl (C=O) groups excluding carboxylic acids is 1. The van der Waals surface area contributed by atoms with Gasteiger partial charge in [0, 0.05) is 22.7 Å². The third kappa shape index (κ3) is 4.62. The molecule has 3 aromatic rings. The number of fused-ring (bicyclic) bond motifs is 1. The molecule has 146 valence electrons.